The predicted octanol–water partition coefficient (Wildman–Crippen LogP) is 4.37. The first-order valence-electron chi connectivity index (χ1n) is 7.60. The number of furan rings is 1. The van der Waals surface area contributed by atoms with Crippen molar-refractivity contribution in [1.82, 2.24) is 5.32 Å². The van der Waals surface area contributed by atoms with Gasteiger partial charge in [0, 0.05) is 24.3 Å². The molecule has 21 heavy (non-hydrogen) atoms. The fourth-order valence-corrected chi connectivity index (χ4v) is 2.73. The van der Waals surface area contributed by atoms with Crippen LogP contribution < -0.4 is 5.32 Å². The van der Waals surface area contributed by atoms with Crippen molar-refractivity contribution in [2.75, 3.05) is 13.1 Å². The van der Waals surface area contributed by atoms with Gasteiger partial charge in [-0.05, 0) is 24.2 Å². The number of hydrogen-bond acceptors (Lipinski definition) is 2. The van der Waals surface area contributed by atoms with Gasteiger partial charge >= 0.3 is 0 Å². The third-order valence-electron chi connectivity index (χ3n) is 3.84. The number of para-hydroxylation sites is 1. The van der Waals surface area contributed by atoms with E-state index in [1.165, 1.54) is 10.9 Å². The Morgan fingerprint density at radius 2 is 1.76 bits per heavy atom. The highest BCUT2D eigenvalue weighted by atomic mass is 16.3. The van der Waals surface area contributed by atoms with Crippen molar-refractivity contribution >= 4 is 11.0 Å². The van der Waals surface area contributed by atoms with Gasteiger partial charge in [0.2, 0.25) is 0 Å². The van der Waals surface area contributed by atoms with Crippen molar-refractivity contribution in [1.29, 1.82) is 0 Å². The quantitative estimate of drug-likeness (QED) is 0.725. The first-order valence-corrected chi connectivity index (χ1v) is 7.60. The summed E-state index contributed by atoms with van der Waals surface area (Å²) in [5, 5.41) is 4.64. The fraction of sp³-hybridized carbons (Fsp3) is 0.263. The molecule has 0 fully saturated rings. The van der Waals surface area contributed by atoms with Crippen LogP contribution in [-0.2, 0) is 6.42 Å². The Hall–Kier alpha value is -2.06. The third-order valence-corrected chi connectivity index (χ3v) is 3.84. The molecule has 1 aromatic heterocycles. The highest BCUT2D eigenvalue weighted by molar-refractivity contribution is 5.77. The van der Waals surface area contributed by atoms with Gasteiger partial charge in [0.1, 0.15) is 11.3 Å². The average molecular weight is 279 g/mol. The minimum atomic E-state index is 0.437. The first-order chi connectivity index (χ1) is 10.4. The summed E-state index contributed by atoms with van der Waals surface area (Å²) in [6.07, 6.45) is 0.922. The normalized spacial score (nSPS) is 12.6. The molecule has 2 heteroatoms. The van der Waals surface area contributed by atoms with Crippen LogP contribution in [0.1, 0.15) is 24.2 Å². The van der Waals surface area contributed by atoms with Crippen LogP contribution in [-0.4, -0.2) is 13.1 Å². The second-order valence-electron chi connectivity index (χ2n) is 5.37. The molecule has 2 nitrogen and oxygen atoms in total. The largest absolute Gasteiger partial charge is 0.461 e. The van der Waals surface area contributed by atoms with E-state index in [0.717, 1.165) is 30.9 Å². The maximum atomic E-state index is 5.97. The van der Waals surface area contributed by atoms with Crippen LogP contribution in [0.15, 0.2) is 65.1 Å². The molecular weight excluding hydrogens is 258 g/mol. The van der Waals surface area contributed by atoms with Gasteiger partial charge in [-0.3, -0.25) is 0 Å². The molecule has 0 saturated carbocycles. The summed E-state index contributed by atoms with van der Waals surface area (Å²) in [7, 11) is 0. The molecule has 3 aromatic rings. The van der Waals surface area contributed by atoms with Crippen LogP contribution in [0.2, 0.25) is 0 Å². The fourth-order valence-electron chi connectivity index (χ4n) is 2.73. The molecule has 0 aliphatic rings. The van der Waals surface area contributed by atoms with Crippen LogP contribution >= 0.6 is 0 Å². The Labute approximate surface area is 125 Å². The van der Waals surface area contributed by atoms with E-state index in [9.17, 15) is 0 Å². The van der Waals surface area contributed by atoms with Gasteiger partial charge in [-0.25, -0.2) is 0 Å². The second kappa shape index (κ2) is 6.59. The van der Waals surface area contributed by atoms with Crippen molar-refractivity contribution < 1.29 is 4.42 Å². The average Bonchev–Trinajstić information content (AvgIpc) is 2.94. The number of fused-ring (bicyclic) bond motifs is 1. The monoisotopic (exact) mass is 279 g/mol. The van der Waals surface area contributed by atoms with Gasteiger partial charge < -0.3 is 9.73 Å². The number of nitrogens with one attached hydrogen (secondary N) is 1. The highest BCUT2D eigenvalue weighted by Crippen LogP contribution is 2.25. The van der Waals surface area contributed by atoms with Gasteiger partial charge in [-0.1, -0.05) is 55.5 Å². The zero-order chi connectivity index (χ0) is 14.5. The Morgan fingerprint density at radius 1 is 1.00 bits per heavy atom. The van der Waals surface area contributed by atoms with Crippen molar-refractivity contribution in [3.8, 4) is 0 Å². The van der Waals surface area contributed by atoms with Crippen molar-refractivity contribution in [3.05, 3.63) is 72.0 Å². The molecule has 1 N–H and O–H groups in total. The summed E-state index contributed by atoms with van der Waals surface area (Å²) in [5.41, 5.74) is 2.33. The molecule has 0 saturated heterocycles. The molecule has 1 heterocycles. The molecule has 3 rings (SSSR count). The van der Waals surface area contributed by atoms with Gasteiger partial charge in [0.05, 0.1) is 0 Å². The Bertz CT molecular complexity index is 654. The molecule has 0 bridgehead atoms. The molecular formula is C19H21NO. The van der Waals surface area contributed by atoms with E-state index < -0.39 is 0 Å². The van der Waals surface area contributed by atoms with Gasteiger partial charge in [-0.2, -0.15) is 0 Å². The van der Waals surface area contributed by atoms with Gasteiger partial charge in [0.15, 0.2) is 0 Å². The predicted molar refractivity (Wildman–Crippen MR) is 87.6 cm³/mol. The second-order valence-corrected chi connectivity index (χ2v) is 5.37. The summed E-state index contributed by atoms with van der Waals surface area (Å²) in [6.45, 7) is 4.10. The number of benzene rings is 2. The maximum absolute atomic E-state index is 5.97. The van der Waals surface area contributed by atoms with E-state index in [1.54, 1.807) is 0 Å². The van der Waals surface area contributed by atoms with Gasteiger partial charge in [0.25, 0.3) is 0 Å². The van der Waals surface area contributed by atoms with Crippen molar-refractivity contribution in [2.24, 2.45) is 0 Å². The molecule has 0 spiro atoms. The molecule has 108 valence electrons. The van der Waals surface area contributed by atoms with E-state index in [1.807, 2.05) is 12.1 Å². The van der Waals surface area contributed by atoms with Crippen LogP contribution in [0.5, 0.6) is 0 Å². The highest BCUT2D eigenvalue weighted by Gasteiger charge is 2.14. The molecule has 1 unspecified atom stereocenters. The minimum absolute atomic E-state index is 0.437. The SMILES string of the molecule is CCNCC(Cc1cc2ccccc2o1)c1ccccc1. The van der Waals surface area contributed by atoms with Gasteiger partial charge in [-0.15, -0.1) is 0 Å². The lowest BCUT2D eigenvalue weighted by Crippen LogP contribution is -2.22. The summed E-state index contributed by atoms with van der Waals surface area (Å²) >= 11 is 0. The molecule has 0 aliphatic heterocycles. The number of hydrogen-bond donors (Lipinski definition) is 1. The van der Waals surface area contributed by atoms with Crippen LogP contribution in [0, 0.1) is 0 Å². The summed E-state index contributed by atoms with van der Waals surface area (Å²) in [5.74, 6) is 1.50. The number of rotatable bonds is 6. The van der Waals surface area contributed by atoms with Crippen molar-refractivity contribution in [3.63, 3.8) is 0 Å². The van der Waals surface area contributed by atoms with E-state index in [4.69, 9.17) is 4.42 Å². The molecule has 0 aliphatic carbocycles. The third kappa shape index (κ3) is 3.34. The lowest BCUT2D eigenvalue weighted by molar-refractivity contribution is 0.500. The van der Waals surface area contributed by atoms with Crippen molar-refractivity contribution in [2.45, 2.75) is 19.3 Å². The molecule has 2 aromatic carbocycles. The Morgan fingerprint density at radius 3 is 2.52 bits per heavy atom. The summed E-state index contributed by atoms with van der Waals surface area (Å²) in [4.78, 5) is 0. The number of likely N-dealkylation sites (N-methyl/N-ethyl adjacent to an activating group) is 1. The zero-order valence-corrected chi connectivity index (χ0v) is 12.4. The van der Waals surface area contributed by atoms with Crippen LogP contribution in [0.4, 0.5) is 0 Å². The molecule has 1 atom stereocenters. The Kier molecular flexibility index (Phi) is 4.37. The Balaban J connectivity index is 1.83. The lowest BCUT2D eigenvalue weighted by atomic mass is 9.94. The standard InChI is InChI=1S/C19H21NO/c1-2-20-14-17(15-8-4-3-5-9-15)13-18-12-16-10-6-7-11-19(16)21-18/h3-12,17,20H,2,13-14H2,1H3. The van der Waals surface area contributed by atoms with Crippen LogP contribution in [0.3, 0.4) is 0 Å². The molecule has 0 radical (unpaired) electrons. The lowest BCUT2D eigenvalue weighted by Gasteiger charge is -2.16. The van der Waals surface area contributed by atoms with E-state index >= 15 is 0 Å². The minimum Gasteiger partial charge on any atom is -0.461 e. The summed E-state index contributed by atoms with van der Waals surface area (Å²) in [6, 6.07) is 21.0. The molecule has 0 amide bonds. The smallest absolute Gasteiger partial charge is 0.134 e. The van der Waals surface area contributed by atoms with E-state index in [2.05, 4.69) is 60.8 Å². The maximum Gasteiger partial charge on any atom is 0.134 e. The first kappa shape index (κ1) is 13.9. The van der Waals surface area contributed by atoms with E-state index in [0.29, 0.717) is 5.92 Å². The topological polar surface area (TPSA) is 25.2 Å². The zero-order valence-electron chi connectivity index (χ0n) is 12.4. The summed E-state index contributed by atoms with van der Waals surface area (Å²) < 4.78 is 5.97. The van der Waals surface area contributed by atoms with Crippen LogP contribution in [0.25, 0.3) is 11.0 Å². The van der Waals surface area contributed by atoms with E-state index in [-0.39, 0.29) is 0 Å².